The number of amides is 1. The molecule has 1 amide bonds. The Morgan fingerprint density at radius 1 is 1.32 bits per heavy atom. The van der Waals surface area contributed by atoms with E-state index >= 15 is 0 Å². The molecule has 1 aromatic carbocycles. The van der Waals surface area contributed by atoms with Crippen LogP contribution in [-0.2, 0) is 9.53 Å². The Balaban J connectivity index is 2.58. The number of hydrogen-bond acceptors (Lipinski definition) is 3. The van der Waals surface area contributed by atoms with Gasteiger partial charge < -0.3 is 14.8 Å². The van der Waals surface area contributed by atoms with Crippen LogP contribution in [0.1, 0.15) is 25.0 Å². The van der Waals surface area contributed by atoms with Gasteiger partial charge >= 0.3 is 0 Å². The summed E-state index contributed by atoms with van der Waals surface area (Å²) in [5.41, 5.74) is 2.21. The van der Waals surface area contributed by atoms with E-state index < -0.39 is 6.10 Å². The van der Waals surface area contributed by atoms with E-state index in [0.717, 1.165) is 11.3 Å². The Morgan fingerprint density at radius 2 is 2.00 bits per heavy atom. The third-order valence-electron chi connectivity index (χ3n) is 2.81. The standard InChI is InChI=1S/C15H23NO3/c1-10-6-7-14(11(2)8-10)19-13(4)15(17)16-12(3)9-18-5/h6-8,12-13H,9H2,1-5H3,(H,16,17)/t12-,13-/m0/s1. The maximum absolute atomic E-state index is 11.9. The summed E-state index contributed by atoms with van der Waals surface area (Å²) < 4.78 is 10.7. The zero-order valence-corrected chi connectivity index (χ0v) is 12.3. The Kier molecular flexibility index (Phi) is 5.83. The van der Waals surface area contributed by atoms with Gasteiger partial charge in [-0.1, -0.05) is 17.7 Å². The molecule has 4 heteroatoms. The normalized spacial score (nSPS) is 13.7. The molecule has 1 aromatic rings. The van der Waals surface area contributed by atoms with E-state index in [9.17, 15) is 4.79 Å². The molecule has 0 radical (unpaired) electrons. The van der Waals surface area contributed by atoms with E-state index in [1.165, 1.54) is 5.56 Å². The van der Waals surface area contributed by atoms with Crippen LogP contribution in [0.4, 0.5) is 0 Å². The average molecular weight is 265 g/mol. The number of carbonyl (C=O) groups excluding carboxylic acids is 1. The van der Waals surface area contributed by atoms with Crippen LogP contribution < -0.4 is 10.1 Å². The van der Waals surface area contributed by atoms with E-state index in [1.54, 1.807) is 14.0 Å². The van der Waals surface area contributed by atoms with Gasteiger partial charge in [-0.25, -0.2) is 0 Å². The van der Waals surface area contributed by atoms with Crippen LogP contribution in [0.2, 0.25) is 0 Å². The summed E-state index contributed by atoms with van der Waals surface area (Å²) in [5.74, 6) is 0.608. The molecule has 0 aliphatic rings. The number of hydrogen-bond donors (Lipinski definition) is 1. The lowest BCUT2D eigenvalue weighted by molar-refractivity contribution is -0.128. The van der Waals surface area contributed by atoms with Crippen molar-refractivity contribution in [2.45, 2.75) is 39.8 Å². The van der Waals surface area contributed by atoms with Crippen LogP contribution in [0.5, 0.6) is 5.75 Å². The smallest absolute Gasteiger partial charge is 0.261 e. The molecule has 1 rings (SSSR count). The van der Waals surface area contributed by atoms with E-state index in [1.807, 2.05) is 39.0 Å². The molecule has 0 saturated heterocycles. The number of ether oxygens (including phenoxy) is 2. The van der Waals surface area contributed by atoms with Gasteiger partial charge in [0.2, 0.25) is 0 Å². The minimum atomic E-state index is -0.527. The Bertz CT molecular complexity index is 431. The predicted octanol–water partition coefficient (Wildman–Crippen LogP) is 2.22. The van der Waals surface area contributed by atoms with Crippen molar-refractivity contribution in [2.24, 2.45) is 0 Å². The van der Waals surface area contributed by atoms with Gasteiger partial charge in [0.15, 0.2) is 6.10 Å². The summed E-state index contributed by atoms with van der Waals surface area (Å²) in [7, 11) is 1.61. The van der Waals surface area contributed by atoms with Crippen molar-refractivity contribution < 1.29 is 14.3 Å². The first-order valence-electron chi connectivity index (χ1n) is 6.47. The topological polar surface area (TPSA) is 47.6 Å². The monoisotopic (exact) mass is 265 g/mol. The van der Waals surface area contributed by atoms with Crippen molar-refractivity contribution in [2.75, 3.05) is 13.7 Å². The molecule has 106 valence electrons. The van der Waals surface area contributed by atoms with Crippen molar-refractivity contribution in [1.82, 2.24) is 5.32 Å². The minimum absolute atomic E-state index is 0.0253. The first-order chi connectivity index (χ1) is 8.93. The van der Waals surface area contributed by atoms with Crippen molar-refractivity contribution in [1.29, 1.82) is 0 Å². The quantitative estimate of drug-likeness (QED) is 0.858. The van der Waals surface area contributed by atoms with Crippen molar-refractivity contribution in [3.63, 3.8) is 0 Å². The van der Waals surface area contributed by atoms with Crippen LogP contribution in [0.3, 0.4) is 0 Å². The molecule has 2 atom stereocenters. The van der Waals surface area contributed by atoms with E-state index in [4.69, 9.17) is 9.47 Å². The molecule has 0 spiro atoms. The molecular formula is C15H23NO3. The second kappa shape index (κ2) is 7.14. The molecule has 0 aliphatic carbocycles. The molecule has 0 unspecified atom stereocenters. The van der Waals surface area contributed by atoms with Gasteiger partial charge in [-0.2, -0.15) is 0 Å². The summed E-state index contributed by atoms with van der Waals surface area (Å²) >= 11 is 0. The lowest BCUT2D eigenvalue weighted by atomic mass is 10.1. The fourth-order valence-corrected chi connectivity index (χ4v) is 1.83. The summed E-state index contributed by atoms with van der Waals surface area (Å²) in [6, 6.07) is 5.88. The van der Waals surface area contributed by atoms with Crippen molar-refractivity contribution in [3.8, 4) is 5.75 Å². The third kappa shape index (κ3) is 4.91. The third-order valence-corrected chi connectivity index (χ3v) is 2.81. The van der Waals surface area contributed by atoms with Gasteiger partial charge in [0.25, 0.3) is 5.91 Å². The molecule has 0 saturated carbocycles. The summed E-state index contributed by atoms with van der Waals surface area (Å²) in [4.78, 5) is 11.9. The van der Waals surface area contributed by atoms with Crippen LogP contribution in [-0.4, -0.2) is 31.8 Å². The second-order valence-electron chi connectivity index (χ2n) is 4.89. The number of aryl methyl sites for hydroxylation is 2. The fourth-order valence-electron chi connectivity index (χ4n) is 1.83. The number of carbonyl (C=O) groups is 1. The molecular weight excluding hydrogens is 242 g/mol. The van der Waals surface area contributed by atoms with Gasteiger partial charge in [0.05, 0.1) is 6.61 Å². The maximum atomic E-state index is 11.9. The largest absolute Gasteiger partial charge is 0.481 e. The van der Waals surface area contributed by atoms with E-state index in [2.05, 4.69) is 5.32 Å². The van der Waals surface area contributed by atoms with Gasteiger partial charge in [0, 0.05) is 13.2 Å². The SMILES string of the molecule is COC[C@H](C)NC(=O)[C@H](C)Oc1ccc(C)cc1C. The van der Waals surface area contributed by atoms with Gasteiger partial charge in [-0.3, -0.25) is 4.79 Å². The lowest BCUT2D eigenvalue weighted by Gasteiger charge is -2.19. The molecule has 0 fully saturated rings. The van der Waals surface area contributed by atoms with Crippen LogP contribution in [0, 0.1) is 13.8 Å². The molecule has 0 aliphatic heterocycles. The molecule has 0 heterocycles. The number of nitrogens with one attached hydrogen (secondary N) is 1. The Morgan fingerprint density at radius 3 is 2.58 bits per heavy atom. The summed E-state index contributed by atoms with van der Waals surface area (Å²) in [5, 5.41) is 2.84. The predicted molar refractivity (Wildman–Crippen MR) is 75.5 cm³/mol. The summed E-state index contributed by atoms with van der Waals surface area (Å²) in [6.45, 7) is 8.13. The first-order valence-corrected chi connectivity index (χ1v) is 6.47. The Labute approximate surface area is 115 Å². The highest BCUT2D eigenvalue weighted by Crippen LogP contribution is 2.20. The van der Waals surface area contributed by atoms with E-state index in [-0.39, 0.29) is 11.9 Å². The maximum Gasteiger partial charge on any atom is 0.261 e. The van der Waals surface area contributed by atoms with Crippen molar-refractivity contribution in [3.05, 3.63) is 29.3 Å². The highest BCUT2D eigenvalue weighted by Gasteiger charge is 2.17. The number of methoxy groups -OCH3 is 1. The van der Waals surface area contributed by atoms with E-state index in [0.29, 0.717) is 6.61 Å². The number of benzene rings is 1. The van der Waals surface area contributed by atoms with Crippen LogP contribution in [0.15, 0.2) is 18.2 Å². The van der Waals surface area contributed by atoms with Crippen LogP contribution in [0.25, 0.3) is 0 Å². The van der Waals surface area contributed by atoms with Crippen LogP contribution >= 0.6 is 0 Å². The highest BCUT2D eigenvalue weighted by molar-refractivity contribution is 5.81. The first kappa shape index (κ1) is 15.5. The molecule has 19 heavy (non-hydrogen) atoms. The zero-order chi connectivity index (χ0) is 14.4. The zero-order valence-electron chi connectivity index (χ0n) is 12.3. The number of rotatable bonds is 6. The molecule has 0 aromatic heterocycles. The average Bonchev–Trinajstić information content (AvgIpc) is 2.32. The van der Waals surface area contributed by atoms with Gasteiger partial charge in [0.1, 0.15) is 5.75 Å². The van der Waals surface area contributed by atoms with Gasteiger partial charge in [-0.15, -0.1) is 0 Å². The molecule has 4 nitrogen and oxygen atoms in total. The molecule has 1 N–H and O–H groups in total. The van der Waals surface area contributed by atoms with Gasteiger partial charge in [-0.05, 0) is 39.3 Å². The second-order valence-corrected chi connectivity index (χ2v) is 4.89. The Hall–Kier alpha value is -1.55. The van der Waals surface area contributed by atoms with Crippen molar-refractivity contribution >= 4 is 5.91 Å². The molecule has 0 bridgehead atoms. The lowest BCUT2D eigenvalue weighted by Crippen LogP contribution is -2.43. The highest BCUT2D eigenvalue weighted by atomic mass is 16.5. The summed E-state index contributed by atoms with van der Waals surface area (Å²) in [6.07, 6.45) is -0.527. The minimum Gasteiger partial charge on any atom is -0.481 e. The fraction of sp³-hybridized carbons (Fsp3) is 0.533.